The van der Waals surface area contributed by atoms with Crippen LogP contribution in [0.3, 0.4) is 0 Å². The minimum absolute atomic E-state index is 0.116. The fourth-order valence-electron chi connectivity index (χ4n) is 3.05. The summed E-state index contributed by atoms with van der Waals surface area (Å²) in [7, 11) is 0. The molecule has 0 bridgehead atoms. The number of para-hydroxylation sites is 1. The number of benzene rings is 1. The lowest BCUT2D eigenvalue weighted by atomic mass is 10.0. The third-order valence-electron chi connectivity index (χ3n) is 4.07. The van der Waals surface area contributed by atoms with Crippen molar-refractivity contribution in [1.82, 2.24) is 4.98 Å². The number of hydrogen-bond acceptors (Lipinski definition) is 2. The topological polar surface area (TPSA) is 42.0 Å². The molecule has 0 saturated carbocycles. The second kappa shape index (κ2) is 5.89. The molecule has 0 saturated heterocycles. The van der Waals surface area contributed by atoms with Gasteiger partial charge in [-0.2, -0.15) is 0 Å². The first kappa shape index (κ1) is 14.0. The van der Waals surface area contributed by atoms with Gasteiger partial charge in [0.25, 0.3) is 5.82 Å². The van der Waals surface area contributed by atoms with E-state index in [4.69, 9.17) is 0 Å². The van der Waals surface area contributed by atoms with E-state index in [-0.39, 0.29) is 6.04 Å². The molecular formula is C19H18N3S+. The van der Waals surface area contributed by atoms with E-state index in [1.54, 1.807) is 11.3 Å². The lowest BCUT2D eigenvalue weighted by Gasteiger charge is -2.14. The van der Waals surface area contributed by atoms with Gasteiger partial charge in [-0.3, -0.25) is 5.32 Å². The number of fused-ring (bicyclic) bond motifs is 1. The molecule has 0 radical (unpaired) electrons. The maximum Gasteiger partial charge on any atom is 0.272 e. The maximum atomic E-state index is 3.65. The number of anilines is 1. The molecule has 3 nitrogen and oxygen atoms in total. The number of hydrogen-bond donors (Lipinski definition) is 2. The van der Waals surface area contributed by atoms with Gasteiger partial charge in [0.1, 0.15) is 0 Å². The normalized spacial score (nSPS) is 12.4. The predicted molar refractivity (Wildman–Crippen MR) is 95.8 cm³/mol. The average molecular weight is 320 g/mol. The van der Waals surface area contributed by atoms with Crippen molar-refractivity contribution in [3.63, 3.8) is 0 Å². The summed E-state index contributed by atoms with van der Waals surface area (Å²) in [6, 6.07) is 19.0. The van der Waals surface area contributed by atoms with Crippen LogP contribution in [0.15, 0.2) is 66.2 Å². The highest BCUT2D eigenvalue weighted by atomic mass is 32.1. The fourth-order valence-corrected chi connectivity index (χ4v) is 3.83. The standard InChI is InChI=1S/C19H17N3S/c1-13-18(14-7-2-3-8-15(14)21-13)19(16-9-6-12-23-16)22-17-10-4-5-11-20-17/h2-12,19,21H,1H3,(H,20,22)/p+1/t19-/m0/s1. The van der Waals surface area contributed by atoms with Gasteiger partial charge in [0.15, 0.2) is 6.04 Å². The molecule has 114 valence electrons. The molecule has 3 heterocycles. The molecule has 0 aliphatic rings. The van der Waals surface area contributed by atoms with Crippen molar-refractivity contribution in [1.29, 1.82) is 0 Å². The lowest BCUT2D eigenvalue weighted by Crippen LogP contribution is -2.18. The average Bonchev–Trinajstić information content (AvgIpc) is 3.21. The molecule has 0 unspecified atom stereocenters. The summed E-state index contributed by atoms with van der Waals surface area (Å²) < 4.78 is 0. The predicted octanol–water partition coefficient (Wildman–Crippen LogP) is 4.55. The molecule has 0 aliphatic heterocycles. The van der Waals surface area contributed by atoms with Crippen molar-refractivity contribution >= 4 is 28.1 Å². The van der Waals surface area contributed by atoms with Crippen LogP contribution in [-0.4, -0.2) is 4.98 Å². The Morgan fingerprint density at radius 3 is 2.70 bits per heavy atom. The number of aromatic amines is 2. The quantitative estimate of drug-likeness (QED) is 0.569. The summed E-state index contributed by atoms with van der Waals surface area (Å²) in [4.78, 5) is 8.08. The van der Waals surface area contributed by atoms with E-state index in [2.05, 4.69) is 70.1 Å². The molecule has 4 heteroatoms. The first-order valence-electron chi connectivity index (χ1n) is 7.67. The highest BCUT2D eigenvalue weighted by Gasteiger charge is 2.25. The van der Waals surface area contributed by atoms with E-state index in [0.717, 1.165) is 5.82 Å². The molecule has 0 fully saturated rings. The Bertz CT molecular complexity index is 910. The SMILES string of the molecule is Cc1[nH]c2ccccc2c1[C@@H](Nc1cccc[nH+]1)c1cccs1. The Morgan fingerprint density at radius 1 is 1.04 bits per heavy atom. The monoisotopic (exact) mass is 320 g/mol. The van der Waals surface area contributed by atoms with Crippen molar-refractivity contribution < 1.29 is 4.98 Å². The van der Waals surface area contributed by atoms with Gasteiger partial charge >= 0.3 is 0 Å². The summed E-state index contributed by atoms with van der Waals surface area (Å²) in [6.07, 6.45) is 1.94. The molecule has 3 aromatic heterocycles. The minimum atomic E-state index is 0.116. The molecule has 0 aliphatic carbocycles. The van der Waals surface area contributed by atoms with Crippen LogP contribution in [0.2, 0.25) is 0 Å². The van der Waals surface area contributed by atoms with Crippen LogP contribution in [0.5, 0.6) is 0 Å². The van der Waals surface area contributed by atoms with Crippen LogP contribution in [0.1, 0.15) is 22.2 Å². The number of nitrogens with one attached hydrogen (secondary N) is 3. The largest absolute Gasteiger partial charge is 0.358 e. The second-order valence-electron chi connectivity index (χ2n) is 5.58. The molecule has 4 rings (SSSR count). The van der Waals surface area contributed by atoms with E-state index in [9.17, 15) is 0 Å². The maximum absolute atomic E-state index is 3.65. The van der Waals surface area contributed by atoms with Gasteiger partial charge in [0.05, 0.1) is 11.1 Å². The first-order valence-corrected chi connectivity index (χ1v) is 8.55. The molecule has 3 N–H and O–H groups in total. The summed E-state index contributed by atoms with van der Waals surface area (Å²) in [5.74, 6) is 1.01. The van der Waals surface area contributed by atoms with Crippen LogP contribution in [0.25, 0.3) is 10.9 Å². The molecular weight excluding hydrogens is 302 g/mol. The highest BCUT2D eigenvalue weighted by Crippen LogP contribution is 2.35. The van der Waals surface area contributed by atoms with Gasteiger partial charge in [-0.05, 0) is 30.5 Å². The van der Waals surface area contributed by atoms with Crippen LogP contribution >= 0.6 is 11.3 Å². The molecule has 23 heavy (non-hydrogen) atoms. The van der Waals surface area contributed by atoms with Crippen LogP contribution in [0.4, 0.5) is 5.82 Å². The summed E-state index contributed by atoms with van der Waals surface area (Å²) in [5.41, 5.74) is 3.69. The van der Waals surface area contributed by atoms with Crippen LogP contribution in [-0.2, 0) is 0 Å². The van der Waals surface area contributed by atoms with Gasteiger partial charge in [0.2, 0.25) is 0 Å². The number of rotatable bonds is 4. The number of thiophene rings is 1. The van der Waals surface area contributed by atoms with E-state index < -0.39 is 0 Å². The number of H-pyrrole nitrogens is 2. The van der Waals surface area contributed by atoms with Crippen molar-refractivity contribution in [3.8, 4) is 0 Å². The van der Waals surface area contributed by atoms with Gasteiger partial charge < -0.3 is 4.98 Å². The molecule has 0 spiro atoms. The Morgan fingerprint density at radius 2 is 1.91 bits per heavy atom. The number of aromatic nitrogens is 2. The molecule has 0 amide bonds. The number of pyridine rings is 1. The smallest absolute Gasteiger partial charge is 0.272 e. The van der Waals surface area contributed by atoms with Crippen LogP contribution < -0.4 is 10.3 Å². The van der Waals surface area contributed by atoms with Crippen molar-refractivity contribution in [3.05, 3.63) is 82.3 Å². The molecule has 1 aromatic carbocycles. The fraction of sp³-hybridized carbons (Fsp3) is 0.105. The third-order valence-corrected chi connectivity index (χ3v) is 5.01. The second-order valence-corrected chi connectivity index (χ2v) is 6.56. The Balaban J connectivity index is 1.86. The van der Waals surface area contributed by atoms with E-state index >= 15 is 0 Å². The zero-order valence-corrected chi connectivity index (χ0v) is 13.7. The van der Waals surface area contributed by atoms with Crippen molar-refractivity contribution in [2.45, 2.75) is 13.0 Å². The zero-order chi connectivity index (χ0) is 15.6. The van der Waals surface area contributed by atoms with Gasteiger partial charge in [0, 0.05) is 28.2 Å². The van der Waals surface area contributed by atoms with Gasteiger partial charge in [-0.25, -0.2) is 4.98 Å². The zero-order valence-electron chi connectivity index (χ0n) is 12.8. The van der Waals surface area contributed by atoms with E-state index in [0.29, 0.717) is 0 Å². The highest BCUT2D eigenvalue weighted by molar-refractivity contribution is 7.10. The summed E-state index contributed by atoms with van der Waals surface area (Å²) >= 11 is 1.78. The minimum Gasteiger partial charge on any atom is -0.358 e. The molecule has 4 aromatic rings. The van der Waals surface area contributed by atoms with Gasteiger partial charge in [-0.15, -0.1) is 11.3 Å². The van der Waals surface area contributed by atoms with E-state index in [1.807, 2.05) is 18.3 Å². The van der Waals surface area contributed by atoms with Crippen molar-refractivity contribution in [2.75, 3.05) is 5.32 Å². The van der Waals surface area contributed by atoms with E-state index in [1.165, 1.54) is 27.0 Å². The van der Waals surface area contributed by atoms with Crippen molar-refractivity contribution in [2.24, 2.45) is 0 Å². The third kappa shape index (κ3) is 2.62. The van der Waals surface area contributed by atoms with Gasteiger partial charge in [-0.1, -0.05) is 30.3 Å². The summed E-state index contributed by atoms with van der Waals surface area (Å²) in [5, 5.41) is 7.05. The molecule has 1 atom stereocenters. The van der Waals surface area contributed by atoms with Crippen LogP contribution in [0, 0.1) is 6.92 Å². The number of aryl methyl sites for hydroxylation is 1. The first-order chi connectivity index (χ1) is 11.3. The Kier molecular flexibility index (Phi) is 3.60. The Hall–Kier alpha value is -2.59. The lowest BCUT2D eigenvalue weighted by molar-refractivity contribution is -0.361. The summed E-state index contributed by atoms with van der Waals surface area (Å²) in [6.45, 7) is 2.15. The Labute approximate surface area is 139 Å².